The van der Waals surface area contributed by atoms with E-state index in [-0.39, 0.29) is 47.6 Å². The summed E-state index contributed by atoms with van der Waals surface area (Å²) in [6, 6.07) is 2.92. The molecule has 0 amide bonds. The minimum Gasteiger partial charge on any atom is -0.493 e. The maximum atomic E-state index is 14.1. The van der Waals surface area contributed by atoms with Gasteiger partial charge in [-0.05, 0) is 25.1 Å². The van der Waals surface area contributed by atoms with Gasteiger partial charge in [0.25, 0.3) is 0 Å². The van der Waals surface area contributed by atoms with Crippen molar-refractivity contribution in [3.8, 4) is 28.7 Å². The van der Waals surface area contributed by atoms with E-state index in [9.17, 15) is 13.2 Å². The lowest BCUT2D eigenvalue weighted by Gasteiger charge is -2.39. The highest BCUT2D eigenvalue weighted by molar-refractivity contribution is 7.89. The monoisotopic (exact) mass is 562 g/mol. The molecule has 0 unspecified atom stereocenters. The van der Waals surface area contributed by atoms with Crippen molar-refractivity contribution in [2.75, 3.05) is 68.0 Å². The summed E-state index contributed by atoms with van der Waals surface area (Å²) in [7, 11) is 2.39. The second kappa shape index (κ2) is 9.73. The largest absolute Gasteiger partial charge is 0.493 e. The summed E-state index contributed by atoms with van der Waals surface area (Å²) in [4.78, 5) is 15.3. The topological polar surface area (TPSA) is 122 Å². The van der Waals surface area contributed by atoms with Crippen molar-refractivity contribution in [2.24, 2.45) is 0 Å². The third kappa shape index (κ3) is 3.82. The normalized spacial score (nSPS) is 22.7. The first-order valence-electron chi connectivity index (χ1n) is 12.6. The molecule has 4 aliphatic heterocycles. The zero-order valence-corrected chi connectivity index (χ0v) is 23.0. The van der Waals surface area contributed by atoms with Crippen molar-refractivity contribution in [3.05, 3.63) is 34.4 Å². The Morgan fingerprint density at radius 3 is 2.36 bits per heavy atom. The minimum atomic E-state index is -3.98. The van der Waals surface area contributed by atoms with Crippen LogP contribution in [0.1, 0.15) is 39.2 Å². The number of rotatable bonds is 6. The molecule has 2 aromatic rings. The fourth-order valence-electron chi connectivity index (χ4n) is 5.98. The molecule has 4 heterocycles. The highest BCUT2D eigenvalue weighted by Gasteiger charge is 2.49. The zero-order valence-electron chi connectivity index (χ0n) is 22.1. The van der Waals surface area contributed by atoms with Gasteiger partial charge in [0.2, 0.25) is 22.6 Å². The van der Waals surface area contributed by atoms with E-state index in [1.54, 1.807) is 12.1 Å². The van der Waals surface area contributed by atoms with Gasteiger partial charge in [-0.2, -0.15) is 4.31 Å². The SMILES string of the molecule is COc1ccc2c(c1OC)C(=O)O[C@@H]2[C@H]1c2c(c(S(=O)(=O)N3CCOCC3)c3c(c2OC)OCO3)CCN1C. The van der Waals surface area contributed by atoms with Gasteiger partial charge in [-0.15, -0.1) is 0 Å². The number of esters is 1. The Bertz CT molecular complexity index is 1440. The molecule has 2 aromatic carbocycles. The number of ether oxygens (including phenoxy) is 7. The summed E-state index contributed by atoms with van der Waals surface area (Å²) >= 11 is 0. The summed E-state index contributed by atoms with van der Waals surface area (Å²) in [5.74, 6) is 0.878. The standard InChI is InChI=1S/C26H30N2O10S/c1-27-8-7-15-17(19(27)20-14-5-6-16(32-2)21(33-3)18(14)26(29)38-20)22(34-4)23-24(37-13-36-23)25(15)39(30,31)28-9-11-35-12-10-28/h5-6,19-20H,7-13H2,1-4H3/t19-,20+/m1/s1. The fraction of sp³-hybridized carbons (Fsp3) is 0.500. The molecule has 13 heteroatoms. The first-order valence-corrected chi connectivity index (χ1v) is 14.0. The molecule has 0 bridgehead atoms. The number of morpholine rings is 1. The van der Waals surface area contributed by atoms with Gasteiger partial charge >= 0.3 is 5.97 Å². The number of sulfonamides is 1. The molecule has 0 spiro atoms. The predicted molar refractivity (Wildman–Crippen MR) is 135 cm³/mol. The number of fused-ring (bicyclic) bond motifs is 3. The Morgan fingerprint density at radius 2 is 1.67 bits per heavy atom. The zero-order chi connectivity index (χ0) is 27.5. The molecule has 0 N–H and O–H groups in total. The average Bonchev–Trinajstić information content (AvgIpc) is 3.56. The molecule has 2 atom stereocenters. The van der Waals surface area contributed by atoms with Gasteiger partial charge in [-0.25, -0.2) is 13.2 Å². The van der Waals surface area contributed by atoms with Crippen molar-refractivity contribution in [2.45, 2.75) is 23.5 Å². The van der Waals surface area contributed by atoms with Crippen LogP contribution in [0.4, 0.5) is 0 Å². The number of benzene rings is 2. The Balaban J connectivity index is 1.58. The summed E-state index contributed by atoms with van der Waals surface area (Å²) in [6.07, 6.45) is -0.363. The van der Waals surface area contributed by atoms with E-state index >= 15 is 0 Å². The van der Waals surface area contributed by atoms with E-state index in [4.69, 9.17) is 33.2 Å². The summed E-state index contributed by atoms with van der Waals surface area (Å²) in [5, 5.41) is 0. The number of carbonyl (C=O) groups excluding carboxylic acids is 1. The smallest absolute Gasteiger partial charge is 0.343 e. The average molecular weight is 563 g/mol. The first-order chi connectivity index (χ1) is 18.8. The molecular formula is C26H30N2O10S. The van der Waals surface area contributed by atoms with Crippen LogP contribution in [0, 0.1) is 0 Å². The molecule has 0 aromatic heterocycles. The van der Waals surface area contributed by atoms with Crippen molar-refractivity contribution in [1.82, 2.24) is 9.21 Å². The molecule has 0 saturated carbocycles. The van der Waals surface area contributed by atoms with E-state index in [0.29, 0.717) is 54.4 Å². The Hall–Kier alpha value is -3.26. The van der Waals surface area contributed by atoms with Crippen LogP contribution in [0.2, 0.25) is 0 Å². The van der Waals surface area contributed by atoms with Gasteiger partial charge in [-0.1, -0.05) is 6.07 Å². The van der Waals surface area contributed by atoms with Gasteiger partial charge in [0, 0.05) is 30.8 Å². The second-order valence-electron chi connectivity index (χ2n) is 9.60. The van der Waals surface area contributed by atoms with Crippen molar-refractivity contribution < 1.29 is 46.4 Å². The number of hydrogen-bond donors (Lipinski definition) is 0. The van der Waals surface area contributed by atoms with E-state index in [1.165, 1.54) is 25.6 Å². The van der Waals surface area contributed by atoms with Crippen LogP contribution < -0.4 is 23.7 Å². The Kier molecular flexibility index (Phi) is 6.49. The quantitative estimate of drug-likeness (QED) is 0.480. The lowest BCUT2D eigenvalue weighted by Crippen LogP contribution is -2.42. The van der Waals surface area contributed by atoms with Gasteiger partial charge in [0.15, 0.2) is 23.0 Å². The van der Waals surface area contributed by atoms with Gasteiger partial charge in [-0.3, -0.25) is 4.90 Å². The van der Waals surface area contributed by atoms with Crippen LogP contribution in [0.25, 0.3) is 0 Å². The third-order valence-corrected chi connectivity index (χ3v) is 9.73. The summed E-state index contributed by atoms with van der Waals surface area (Å²) < 4.78 is 69.3. The second-order valence-corrected chi connectivity index (χ2v) is 11.5. The molecule has 39 heavy (non-hydrogen) atoms. The third-order valence-electron chi connectivity index (χ3n) is 7.74. The van der Waals surface area contributed by atoms with Crippen molar-refractivity contribution >= 4 is 16.0 Å². The summed E-state index contributed by atoms with van der Waals surface area (Å²) in [6.45, 7) is 1.45. The van der Waals surface area contributed by atoms with E-state index in [0.717, 1.165) is 0 Å². The molecule has 1 fully saturated rings. The van der Waals surface area contributed by atoms with E-state index in [1.807, 2.05) is 11.9 Å². The lowest BCUT2D eigenvalue weighted by atomic mass is 9.85. The number of carbonyl (C=O) groups is 1. The number of cyclic esters (lactones) is 1. The predicted octanol–water partition coefficient (Wildman–Crippen LogP) is 1.90. The van der Waals surface area contributed by atoms with Crippen LogP contribution in [0.3, 0.4) is 0 Å². The Labute approximate surface area is 226 Å². The number of likely N-dealkylation sites (N-methyl/N-ethyl adjacent to an activating group) is 1. The van der Waals surface area contributed by atoms with Crippen LogP contribution in [0.15, 0.2) is 17.0 Å². The molecule has 6 rings (SSSR count). The first kappa shape index (κ1) is 26.0. The molecular weight excluding hydrogens is 532 g/mol. The lowest BCUT2D eigenvalue weighted by molar-refractivity contribution is 0.00854. The van der Waals surface area contributed by atoms with Crippen LogP contribution in [-0.2, 0) is 25.9 Å². The molecule has 0 radical (unpaired) electrons. The molecule has 4 aliphatic rings. The molecule has 0 aliphatic carbocycles. The minimum absolute atomic E-state index is 0.0719. The van der Waals surface area contributed by atoms with Crippen LogP contribution >= 0.6 is 0 Å². The van der Waals surface area contributed by atoms with E-state index < -0.39 is 28.1 Å². The van der Waals surface area contributed by atoms with Crippen molar-refractivity contribution in [1.29, 1.82) is 0 Å². The van der Waals surface area contributed by atoms with Crippen molar-refractivity contribution in [3.63, 3.8) is 0 Å². The maximum absolute atomic E-state index is 14.1. The van der Waals surface area contributed by atoms with Gasteiger partial charge < -0.3 is 33.2 Å². The van der Waals surface area contributed by atoms with Gasteiger partial charge in [0.05, 0.1) is 40.6 Å². The highest BCUT2D eigenvalue weighted by atomic mass is 32.2. The molecule has 1 saturated heterocycles. The summed E-state index contributed by atoms with van der Waals surface area (Å²) in [5.41, 5.74) is 2.04. The molecule has 12 nitrogen and oxygen atoms in total. The number of hydrogen-bond acceptors (Lipinski definition) is 11. The molecule has 210 valence electrons. The van der Waals surface area contributed by atoms with E-state index in [2.05, 4.69) is 0 Å². The van der Waals surface area contributed by atoms with Crippen LogP contribution in [0.5, 0.6) is 28.7 Å². The highest BCUT2D eigenvalue weighted by Crippen LogP contribution is 2.58. The number of nitrogens with zero attached hydrogens (tertiary/aromatic N) is 2. The van der Waals surface area contributed by atoms with Crippen LogP contribution in [-0.4, -0.2) is 91.6 Å². The Morgan fingerprint density at radius 1 is 0.949 bits per heavy atom. The fourth-order valence-corrected chi connectivity index (χ4v) is 7.78. The maximum Gasteiger partial charge on any atom is 0.343 e. The number of methoxy groups -OCH3 is 3. The van der Waals surface area contributed by atoms with Gasteiger partial charge in [0.1, 0.15) is 16.6 Å².